The zero-order valence-electron chi connectivity index (χ0n) is 18.5. The number of thioether (sulfide) groups is 1. The molecule has 1 saturated heterocycles. The first-order valence-electron chi connectivity index (χ1n) is 11.9. The van der Waals surface area contributed by atoms with Gasteiger partial charge in [-0.25, -0.2) is 9.67 Å². The lowest BCUT2D eigenvalue weighted by molar-refractivity contribution is 0.0383. The molecule has 0 aromatic carbocycles. The Hall–Kier alpha value is -0.960. The van der Waals surface area contributed by atoms with Gasteiger partial charge in [0.25, 0.3) is 0 Å². The Morgan fingerprint density at radius 3 is 2.53 bits per heavy atom. The maximum absolute atomic E-state index is 5.49. The maximum Gasteiger partial charge on any atom is 0.248 e. The number of aliphatic imine (C=N–C) groups is 1. The monoisotopic (exact) mass is 434 g/mol. The fourth-order valence-corrected chi connectivity index (χ4v) is 5.27. The van der Waals surface area contributed by atoms with E-state index in [0.29, 0.717) is 12.0 Å². The number of rotatable bonds is 5. The molecule has 0 spiro atoms. The van der Waals surface area contributed by atoms with Crippen LogP contribution in [0.15, 0.2) is 10.1 Å². The first kappa shape index (κ1) is 22.2. The van der Waals surface area contributed by atoms with Crippen LogP contribution in [-0.2, 0) is 11.3 Å². The average molecular weight is 435 g/mol. The molecule has 1 saturated carbocycles. The molecule has 168 valence electrons. The number of morpholine rings is 1. The first-order valence-corrected chi connectivity index (χ1v) is 13.2. The Morgan fingerprint density at radius 1 is 1.03 bits per heavy atom. The Balaban J connectivity index is 1.48. The minimum Gasteiger partial charge on any atom is -0.379 e. The Morgan fingerprint density at radius 2 is 1.77 bits per heavy atom. The molecule has 2 fully saturated rings. The molecule has 2 unspecified atom stereocenters. The number of aromatic nitrogens is 3. The van der Waals surface area contributed by atoms with E-state index in [0.717, 1.165) is 57.0 Å². The molecule has 8 heteroatoms. The molecule has 1 aliphatic carbocycles. The van der Waals surface area contributed by atoms with Crippen LogP contribution in [0.3, 0.4) is 0 Å². The molecule has 7 nitrogen and oxygen atoms in total. The van der Waals surface area contributed by atoms with Gasteiger partial charge in [-0.3, -0.25) is 4.90 Å². The van der Waals surface area contributed by atoms with Crippen molar-refractivity contribution in [2.75, 3.05) is 45.6 Å². The van der Waals surface area contributed by atoms with Crippen LogP contribution in [-0.4, -0.2) is 77.1 Å². The van der Waals surface area contributed by atoms with Crippen molar-refractivity contribution >= 4 is 23.4 Å². The zero-order valence-corrected chi connectivity index (χ0v) is 19.3. The van der Waals surface area contributed by atoms with Crippen molar-refractivity contribution in [3.05, 3.63) is 0 Å². The highest BCUT2D eigenvalue weighted by Gasteiger charge is 2.30. The summed E-state index contributed by atoms with van der Waals surface area (Å²) < 4.78 is 7.53. The third-order valence-corrected chi connectivity index (χ3v) is 7.22. The second-order valence-electron chi connectivity index (χ2n) is 8.83. The summed E-state index contributed by atoms with van der Waals surface area (Å²) in [4.78, 5) is 12.3. The van der Waals surface area contributed by atoms with E-state index in [9.17, 15) is 0 Å². The third-order valence-electron chi connectivity index (χ3n) is 6.68. The van der Waals surface area contributed by atoms with Crippen molar-refractivity contribution in [1.82, 2.24) is 25.0 Å². The summed E-state index contributed by atoms with van der Waals surface area (Å²) in [5.41, 5.74) is 1.34. The van der Waals surface area contributed by atoms with E-state index in [1.165, 1.54) is 63.5 Å². The summed E-state index contributed by atoms with van der Waals surface area (Å²) in [5, 5.41) is 9.39. The number of fused-ring (bicyclic) bond motifs is 2. The largest absolute Gasteiger partial charge is 0.379 e. The summed E-state index contributed by atoms with van der Waals surface area (Å²) >= 11 is 1.60. The second kappa shape index (κ2) is 11.6. The van der Waals surface area contributed by atoms with Crippen LogP contribution in [0.25, 0.3) is 0 Å². The zero-order chi connectivity index (χ0) is 20.6. The molecule has 1 aromatic heterocycles. The van der Waals surface area contributed by atoms with Crippen LogP contribution >= 0.6 is 11.8 Å². The lowest BCUT2D eigenvalue weighted by Crippen LogP contribution is -2.47. The van der Waals surface area contributed by atoms with Gasteiger partial charge in [0.05, 0.1) is 19.8 Å². The maximum atomic E-state index is 5.49. The van der Waals surface area contributed by atoms with Gasteiger partial charge in [0.1, 0.15) is 0 Å². The lowest BCUT2D eigenvalue weighted by atomic mass is 9.87. The van der Waals surface area contributed by atoms with Gasteiger partial charge in [0.2, 0.25) is 11.1 Å². The topological polar surface area (TPSA) is 67.6 Å². The van der Waals surface area contributed by atoms with Gasteiger partial charge in [-0.2, -0.15) is 4.98 Å². The van der Waals surface area contributed by atoms with Crippen LogP contribution in [0.5, 0.6) is 0 Å². The number of ether oxygens (including phenoxy) is 1. The molecule has 2 atom stereocenters. The standard InChI is InChI=1S/C22H38N6OS/c1-30-22-25-21-24-20-18(17-28(21)26-22)9-7-5-3-2-4-6-8-10-19(20)23-11-12-27-13-15-29-16-14-27/h18-19,23H,2-17H2,1H3. The minimum absolute atomic E-state index is 0.360. The van der Waals surface area contributed by atoms with Crippen molar-refractivity contribution < 1.29 is 4.74 Å². The van der Waals surface area contributed by atoms with Crippen molar-refractivity contribution in [3.63, 3.8) is 0 Å². The van der Waals surface area contributed by atoms with Gasteiger partial charge in [0.15, 0.2) is 0 Å². The molecule has 4 rings (SSSR count). The molecule has 2 aliphatic heterocycles. The van der Waals surface area contributed by atoms with Crippen LogP contribution in [0.1, 0.15) is 57.8 Å². The molecule has 1 N–H and O–H groups in total. The van der Waals surface area contributed by atoms with Gasteiger partial charge < -0.3 is 10.1 Å². The molecule has 3 heterocycles. The van der Waals surface area contributed by atoms with Crippen LogP contribution in [0.2, 0.25) is 0 Å². The van der Waals surface area contributed by atoms with Gasteiger partial charge in [-0.05, 0) is 19.1 Å². The molecule has 0 radical (unpaired) electrons. The summed E-state index contributed by atoms with van der Waals surface area (Å²) in [6, 6.07) is 0.360. The Kier molecular flexibility index (Phi) is 8.60. The van der Waals surface area contributed by atoms with Crippen molar-refractivity contribution in [2.24, 2.45) is 10.9 Å². The predicted octanol–water partition coefficient (Wildman–Crippen LogP) is 3.52. The molecular weight excluding hydrogens is 396 g/mol. The van der Waals surface area contributed by atoms with Crippen LogP contribution < -0.4 is 5.32 Å². The van der Waals surface area contributed by atoms with Gasteiger partial charge >= 0.3 is 0 Å². The summed E-state index contributed by atoms with van der Waals surface area (Å²) in [7, 11) is 0. The van der Waals surface area contributed by atoms with Gasteiger partial charge in [0, 0.05) is 43.9 Å². The fraction of sp³-hybridized carbons (Fsp3) is 0.864. The third kappa shape index (κ3) is 6.05. The fourth-order valence-electron chi connectivity index (χ4n) is 4.92. The molecule has 0 bridgehead atoms. The van der Waals surface area contributed by atoms with E-state index in [1.54, 1.807) is 11.8 Å². The smallest absolute Gasteiger partial charge is 0.248 e. The summed E-state index contributed by atoms with van der Waals surface area (Å²) in [6.07, 6.45) is 13.8. The molecular formula is C22H38N6OS. The van der Waals surface area contributed by atoms with Crippen LogP contribution in [0.4, 0.5) is 5.95 Å². The highest BCUT2D eigenvalue weighted by molar-refractivity contribution is 7.98. The van der Waals surface area contributed by atoms with E-state index >= 15 is 0 Å². The van der Waals surface area contributed by atoms with E-state index in [1.807, 2.05) is 10.9 Å². The predicted molar refractivity (Wildman–Crippen MR) is 123 cm³/mol. The number of hydrogen-bond acceptors (Lipinski definition) is 7. The summed E-state index contributed by atoms with van der Waals surface area (Å²) in [6.45, 7) is 6.87. The quantitative estimate of drug-likeness (QED) is 0.715. The van der Waals surface area contributed by atoms with Gasteiger partial charge in [-0.1, -0.05) is 56.7 Å². The number of nitrogens with zero attached hydrogens (tertiary/aromatic N) is 5. The van der Waals surface area contributed by atoms with E-state index in [-0.39, 0.29) is 0 Å². The summed E-state index contributed by atoms with van der Waals surface area (Å²) in [5.74, 6) is 1.28. The second-order valence-corrected chi connectivity index (χ2v) is 9.60. The van der Waals surface area contributed by atoms with Crippen molar-refractivity contribution in [2.45, 2.75) is 75.5 Å². The lowest BCUT2D eigenvalue weighted by Gasteiger charge is -2.32. The first-order chi connectivity index (χ1) is 14.8. The van der Waals surface area contributed by atoms with Crippen molar-refractivity contribution in [1.29, 1.82) is 0 Å². The van der Waals surface area contributed by atoms with Gasteiger partial charge in [-0.15, -0.1) is 5.10 Å². The highest BCUT2D eigenvalue weighted by atomic mass is 32.2. The molecule has 0 amide bonds. The number of hydrogen-bond donors (Lipinski definition) is 1. The van der Waals surface area contributed by atoms with E-state index in [2.05, 4.69) is 20.3 Å². The van der Waals surface area contributed by atoms with E-state index in [4.69, 9.17) is 9.73 Å². The van der Waals surface area contributed by atoms with E-state index < -0.39 is 0 Å². The average Bonchev–Trinajstić information content (AvgIpc) is 3.18. The molecule has 30 heavy (non-hydrogen) atoms. The van der Waals surface area contributed by atoms with Crippen molar-refractivity contribution in [3.8, 4) is 0 Å². The van der Waals surface area contributed by atoms with Crippen LogP contribution in [0, 0.1) is 5.92 Å². The molecule has 1 aromatic rings. The SMILES string of the molecule is CSc1nc2n(n1)CC1CCCCCCCCCC(NCCN3CCOCC3)C1=N2. The highest BCUT2D eigenvalue weighted by Crippen LogP contribution is 2.29. The Bertz CT molecular complexity index is 687. The molecule has 3 aliphatic rings. The Labute approximate surface area is 185 Å². The number of nitrogens with one attached hydrogen (secondary N) is 1. The normalized spacial score (nSPS) is 26.8. The minimum atomic E-state index is 0.360.